The molecular weight excluding hydrogens is 296 g/mol. The number of thiophene rings is 1. The molecule has 1 saturated heterocycles. The van der Waals surface area contributed by atoms with Gasteiger partial charge < -0.3 is 0 Å². The number of hydrogen-bond acceptors (Lipinski definition) is 5. The lowest BCUT2D eigenvalue weighted by molar-refractivity contribution is 0.472. The van der Waals surface area contributed by atoms with Crippen LogP contribution in [0.3, 0.4) is 0 Å². The third-order valence-corrected chi connectivity index (χ3v) is 6.89. The van der Waals surface area contributed by atoms with Crippen molar-refractivity contribution in [2.45, 2.75) is 16.7 Å². The lowest BCUT2D eigenvalue weighted by atomic mass is 10.3. The van der Waals surface area contributed by atoms with Crippen LogP contribution in [0.15, 0.2) is 21.7 Å². The van der Waals surface area contributed by atoms with Gasteiger partial charge in [0.25, 0.3) is 0 Å². The molecule has 1 N–H and O–H groups in total. The highest BCUT2D eigenvalue weighted by molar-refractivity contribution is 7.91. The molecule has 1 aromatic rings. The topological polar surface area (TPSA) is 83.6 Å². The quantitative estimate of drug-likeness (QED) is 0.852. The van der Waals surface area contributed by atoms with Crippen LogP contribution in [0, 0.1) is 0 Å². The first-order valence-corrected chi connectivity index (χ1v) is 9.51. The molecule has 1 aromatic heterocycles. The molecular formula is C9H14N2O4S3. The van der Waals surface area contributed by atoms with Crippen LogP contribution >= 0.6 is 11.3 Å². The minimum absolute atomic E-state index is 0.198. The van der Waals surface area contributed by atoms with Gasteiger partial charge in [0.1, 0.15) is 4.21 Å². The van der Waals surface area contributed by atoms with E-state index in [0.29, 0.717) is 13.0 Å². The summed E-state index contributed by atoms with van der Waals surface area (Å²) in [5.74, 6) is 0. The van der Waals surface area contributed by atoms with Gasteiger partial charge in [0, 0.05) is 19.1 Å². The highest BCUT2D eigenvalue weighted by atomic mass is 32.2. The predicted octanol–water partition coefficient (Wildman–Crippen LogP) is 0.0603. The summed E-state index contributed by atoms with van der Waals surface area (Å²) >= 11 is 1.14. The molecule has 0 aliphatic carbocycles. The standard InChI is InChI=1S/C9H14N2O4S3/c1-17(12,13)11-5-4-8(7-11)10-18(14,15)9-3-2-6-16-9/h2-3,6,8,10H,4-5,7H2,1H3. The van der Waals surface area contributed by atoms with Gasteiger partial charge in [0.15, 0.2) is 0 Å². The summed E-state index contributed by atoms with van der Waals surface area (Å²) in [6.07, 6.45) is 1.63. The fourth-order valence-corrected chi connectivity index (χ4v) is 4.98. The van der Waals surface area contributed by atoms with Gasteiger partial charge in [-0.15, -0.1) is 11.3 Å². The molecule has 1 unspecified atom stereocenters. The van der Waals surface area contributed by atoms with E-state index >= 15 is 0 Å². The molecule has 0 aromatic carbocycles. The Labute approximate surface area is 111 Å². The zero-order valence-corrected chi connectivity index (χ0v) is 12.2. The van der Waals surface area contributed by atoms with Gasteiger partial charge >= 0.3 is 0 Å². The SMILES string of the molecule is CS(=O)(=O)N1CCC(NS(=O)(=O)c2cccs2)C1. The third kappa shape index (κ3) is 3.09. The van der Waals surface area contributed by atoms with Crippen molar-refractivity contribution in [3.8, 4) is 0 Å². The molecule has 0 spiro atoms. The summed E-state index contributed by atoms with van der Waals surface area (Å²) in [5.41, 5.74) is 0. The molecule has 1 aliphatic rings. The van der Waals surface area contributed by atoms with Crippen molar-refractivity contribution in [1.29, 1.82) is 0 Å². The molecule has 102 valence electrons. The van der Waals surface area contributed by atoms with Crippen molar-refractivity contribution in [3.63, 3.8) is 0 Å². The minimum Gasteiger partial charge on any atom is -0.213 e. The monoisotopic (exact) mass is 310 g/mol. The van der Waals surface area contributed by atoms with Crippen molar-refractivity contribution in [1.82, 2.24) is 9.03 Å². The third-order valence-electron chi connectivity index (χ3n) is 2.70. The Morgan fingerprint density at radius 1 is 1.39 bits per heavy atom. The summed E-state index contributed by atoms with van der Waals surface area (Å²) in [4.78, 5) is 0. The Balaban J connectivity index is 2.05. The molecule has 0 saturated carbocycles. The Bertz CT molecular complexity index is 606. The Hall–Kier alpha value is -0.480. The van der Waals surface area contributed by atoms with Gasteiger partial charge in [-0.05, 0) is 17.9 Å². The Morgan fingerprint density at radius 3 is 2.61 bits per heavy atom. The number of rotatable bonds is 4. The highest BCUT2D eigenvalue weighted by Gasteiger charge is 2.31. The van der Waals surface area contributed by atoms with Crippen molar-refractivity contribution < 1.29 is 16.8 Å². The van der Waals surface area contributed by atoms with Crippen LogP contribution in [0.2, 0.25) is 0 Å². The second-order valence-electron chi connectivity index (χ2n) is 4.16. The fraction of sp³-hybridized carbons (Fsp3) is 0.556. The number of nitrogens with one attached hydrogen (secondary N) is 1. The van der Waals surface area contributed by atoms with E-state index in [2.05, 4.69) is 4.72 Å². The van der Waals surface area contributed by atoms with Crippen molar-refractivity contribution in [2.24, 2.45) is 0 Å². The minimum atomic E-state index is -3.52. The van der Waals surface area contributed by atoms with Gasteiger partial charge in [-0.25, -0.2) is 25.9 Å². The van der Waals surface area contributed by atoms with Crippen molar-refractivity contribution in [3.05, 3.63) is 17.5 Å². The van der Waals surface area contributed by atoms with E-state index in [9.17, 15) is 16.8 Å². The first kappa shape index (κ1) is 13.9. The van der Waals surface area contributed by atoms with Gasteiger partial charge in [0.2, 0.25) is 20.0 Å². The largest absolute Gasteiger partial charge is 0.250 e. The number of hydrogen-bond donors (Lipinski definition) is 1. The molecule has 1 fully saturated rings. The first-order valence-electron chi connectivity index (χ1n) is 5.30. The van der Waals surface area contributed by atoms with Gasteiger partial charge in [-0.1, -0.05) is 6.07 Å². The zero-order valence-electron chi connectivity index (χ0n) is 9.74. The summed E-state index contributed by atoms with van der Waals surface area (Å²) < 4.78 is 50.6. The molecule has 9 heteroatoms. The molecule has 6 nitrogen and oxygen atoms in total. The van der Waals surface area contributed by atoms with Crippen molar-refractivity contribution in [2.75, 3.05) is 19.3 Å². The summed E-state index contributed by atoms with van der Waals surface area (Å²) in [5, 5.41) is 1.69. The van der Waals surface area contributed by atoms with Crippen LogP contribution in [0.5, 0.6) is 0 Å². The lowest BCUT2D eigenvalue weighted by Gasteiger charge is -2.14. The Kier molecular flexibility index (Phi) is 3.79. The van der Waals surface area contributed by atoms with Gasteiger partial charge in [-0.2, -0.15) is 0 Å². The average Bonchev–Trinajstić information content (AvgIpc) is 2.83. The molecule has 0 radical (unpaired) electrons. The summed E-state index contributed by atoms with van der Waals surface area (Å²) in [7, 11) is -6.77. The molecule has 0 amide bonds. The van der Waals surface area contributed by atoms with E-state index in [4.69, 9.17) is 0 Å². The smallest absolute Gasteiger partial charge is 0.213 e. The predicted molar refractivity (Wildman–Crippen MR) is 69.5 cm³/mol. The van der Waals surface area contributed by atoms with E-state index in [1.54, 1.807) is 11.4 Å². The van der Waals surface area contributed by atoms with Gasteiger partial charge in [0.05, 0.1) is 6.26 Å². The van der Waals surface area contributed by atoms with Crippen LogP contribution in [0.25, 0.3) is 0 Å². The molecule has 2 heterocycles. The number of nitrogens with zero attached hydrogens (tertiary/aromatic N) is 1. The van der Waals surface area contributed by atoms with E-state index in [0.717, 1.165) is 17.6 Å². The van der Waals surface area contributed by atoms with E-state index in [-0.39, 0.29) is 16.8 Å². The Morgan fingerprint density at radius 2 is 2.11 bits per heavy atom. The van der Waals surface area contributed by atoms with E-state index < -0.39 is 20.0 Å². The zero-order chi connectivity index (χ0) is 13.4. The van der Waals surface area contributed by atoms with Crippen LogP contribution in [0.4, 0.5) is 0 Å². The van der Waals surface area contributed by atoms with Crippen molar-refractivity contribution >= 4 is 31.4 Å². The van der Waals surface area contributed by atoms with Gasteiger partial charge in [-0.3, -0.25) is 0 Å². The normalized spacial score (nSPS) is 22.4. The van der Waals surface area contributed by atoms with E-state index in [1.807, 2.05) is 0 Å². The second kappa shape index (κ2) is 4.89. The highest BCUT2D eigenvalue weighted by Crippen LogP contribution is 2.19. The van der Waals surface area contributed by atoms with Crippen LogP contribution in [-0.4, -0.2) is 46.5 Å². The first-order chi connectivity index (χ1) is 8.29. The molecule has 18 heavy (non-hydrogen) atoms. The summed E-state index contributed by atoms with van der Waals surface area (Å²) in [6, 6.07) is 2.83. The molecule has 2 rings (SSSR count). The maximum absolute atomic E-state index is 11.9. The average molecular weight is 310 g/mol. The molecule has 0 bridgehead atoms. The molecule has 1 aliphatic heterocycles. The molecule has 1 atom stereocenters. The lowest BCUT2D eigenvalue weighted by Crippen LogP contribution is -2.37. The fourth-order valence-electron chi connectivity index (χ4n) is 1.82. The maximum atomic E-state index is 11.9. The maximum Gasteiger partial charge on any atom is 0.250 e. The van der Waals surface area contributed by atoms with Crippen LogP contribution < -0.4 is 4.72 Å². The number of sulfonamides is 2. The van der Waals surface area contributed by atoms with Crippen LogP contribution in [0.1, 0.15) is 6.42 Å². The van der Waals surface area contributed by atoms with E-state index in [1.165, 1.54) is 10.4 Å². The van der Waals surface area contributed by atoms with Crippen LogP contribution in [-0.2, 0) is 20.0 Å². The second-order valence-corrected chi connectivity index (χ2v) is 9.03. The summed E-state index contributed by atoms with van der Waals surface area (Å²) in [6.45, 7) is 0.555.